The van der Waals surface area contributed by atoms with Gasteiger partial charge < -0.3 is 19.1 Å². The molecule has 0 radical (unpaired) electrons. The zero-order valence-electron chi connectivity index (χ0n) is 28.2. The molecule has 248 valence electrons. The normalized spacial score (nSPS) is 20.3. The Balaban J connectivity index is 1.26. The van der Waals surface area contributed by atoms with Crippen molar-refractivity contribution in [2.75, 3.05) is 59.0 Å². The maximum absolute atomic E-state index is 12.5. The monoisotopic (exact) mass is 623 g/mol. The Morgan fingerprint density at radius 3 is 2.20 bits per heavy atom. The number of carbonyl (C=O) groups excluding carboxylic acids is 2. The first-order valence-corrected chi connectivity index (χ1v) is 16.7. The largest absolute Gasteiger partial charge is 0.459 e. The number of carbonyl (C=O) groups is 2. The van der Waals surface area contributed by atoms with Crippen LogP contribution in [-0.2, 0) is 25.5 Å². The standard InChI is InChI=1S/C35H53N5O5/c1-34(2,3)44-32(41)25-37-15-13-28(14-16-37)40-31-10-9-27(23-29(31)30(36-40)24-38-19-21-43-22-20-38)8-7-26-11-17-39(18-12-26)33(42)45-35(4,5)6/h7-10,23,26,28H,11-22,24-25H2,1-6H3. The van der Waals surface area contributed by atoms with Crippen molar-refractivity contribution in [2.24, 2.45) is 5.92 Å². The summed E-state index contributed by atoms with van der Waals surface area (Å²) in [4.78, 5) is 31.3. The van der Waals surface area contributed by atoms with E-state index in [1.54, 1.807) is 0 Å². The van der Waals surface area contributed by atoms with Crippen LogP contribution < -0.4 is 0 Å². The molecule has 10 nitrogen and oxygen atoms in total. The topological polar surface area (TPSA) is 89.4 Å². The summed E-state index contributed by atoms with van der Waals surface area (Å²) in [6.45, 7) is 19.1. The Morgan fingerprint density at radius 1 is 0.889 bits per heavy atom. The van der Waals surface area contributed by atoms with Gasteiger partial charge in [0.15, 0.2) is 0 Å². The zero-order valence-corrected chi connectivity index (χ0v) is 28.2. The molecule has 4 heterocycles. The number of likely N-dealkylation sites (tertiary alicyclic amines) is 2. The minimum absolute atomic E-state index is 0.160. The number of piperidine rings is 2. The Labute approximate surface area is 268 Å². The highest BCUT2D eigenvalue weighted by Gasteiger charge is 2.28. The third-order valence-electron chi connectivity index (χ3n) is 8.71. The lowest BCUT2D eigenvalue weighted by atomic mass is 9.95. The first kappa shape index (κ1) is 33.4. The van der Waals surface area contributed by atoms with Gasteiger partial charge in [-0.1, -0.05) is 18.2 Å². The lowest BCUT2D eigenvalue weighted by Gasteiger charge is -2.32. The molecule has 3 fully saturated rings. The Bertz CT molecular complexity index is 1330. The molecular formula is C35H53N5O5. The molecule has 0 spiro atoms. The van der Waals surface area contributed by atoms with Gasteiger partial charge in [0.2, 0.25) is 0 Å². The number of ether oxygens (including phenoxy) is 3. The number of esters is 1. The third kappa shape index (κ3) is 9.53. The highest BCUT2D eigenvalue weighted by molar-refractivity contribution is 5.84. The predicted octanol–water partition coefficient (Wildman–Crippen LogP) is 5.51. The first-order chi connectivity index (χ1) is 21.3. The van der Waals surface area contributed by atoms with Gasteiger partial charge in [-0.3, -0.25) is 19.3 Å². The van der Waals surface area contributed by atoms with Crippen molar-refractivity contribution in [1.82, 2.24) is 24.5 Å². The average molecular weight is 624 g/mol. The van der Waals surface area contributed by atoms with Crippen LogP contribution in [0.15, 0.2) is 24.3 Å². The van der Waals surface area contributed by atoms with Gasteiger partial charge in [0.1, 0.15) is 11.2 Å². The lowest BCUT2D eigenvalue weighted by molar-refractivity contribution is -0.156. The molecule has 45 heavy (non-hydrogen) atoms. The van der Waals surface area contributed by atoms with Gasteiger partial charge in [-0.05, 0) is 90.8 Å². The number of aromatic nitrogens is 2. The second kappa shape index (κ2) is 14.2. The summed E-state index contributed by atoms with van der Waals surface area (Å²) >= 11 is 0. The first-order valence-electron chi connectivity index (χ1n) is 16.7. The van der Waals surface area contributed by atoms with E-state index in [-0.39, 0.29) is 18.1 Å². The van der Waals surface area contributed by atoms with Crippen molar-refractivity contribution in [3.63, 3.8) is 0 Å². The minimum atomic E-state index is -0.472. The zero-order chi connectivity index (χ0) is 32.2. The molecule has 3 saturated heterocycles. The van der Waals surface area contributed by atoms with E-state index in [4.69, 9.17) is 19.3 Å². The van der Waals surface area contributed by atoms with E-state index in [0.717, 1.165) is 90.4 Å². The van der Waals surface area contributed by atoms with Crippen LogP contribution in [0.3, 0.4) is 0 Å². The molecule has 0 atom stereocenters. The van der Waals surface area contributed by atoms with Gasteiger partial charge in [-0.25, -0.2) is 4.79 Å². The molecule has 0 saturated carbocycles. The molecule has 0 bridgehead atoms. The molecule has 0 aliphatic carbocycles. The van der Waals surface area contributed by atoms with Crippen LogP contribution in [0.25, 0.3) is 17.0 Å². The SMILES string of the molecule is CC(C)(C)OC(=O)CN1CCC(n2nc(CN3CCOCC3)c3cc(C=CC4CCN(C(=O)OC(C)(C)C)CC4)ccc32)CC1. The Morgan fingerprint density at radius 2 is 1.56 bits per heavy atom. The van der Waals surface area contributed by atoms with Crippen molar-refractivity contribution in [3.05, 3.63) is 35.5 Å². The second-order valence-electron chi connectivity index (χ2n) is 14.8. The predicted molar refractivity (Wildman–Crippen MR) is 176 cm³/mol. The van der Waals surface area contributed by atoms with E-state index < -0.39 is 11.2 Å². The number of rotatable bonds is 7. The number of hydrogen-bond acceptors (Lipinski definition) is 8. The summed E-state index contributed by atoms with van der Waals surface area (Å²) in [5, 5.41) is 6.44. The maximum Gasteiger partial charge on any atom is 0.410 e. The number of nitrogens with zero attached hydrogens (tertiary/aromatic N) is 5. The Kier molecular flexibility index (Phi) is 10.6. The summed E-state index contributed by atoms with van der Waals surface area (Å²) in [6, 6.07) is 7.00. The summed E-state index contributed by atoms with van der Waals surface area (Å²) in [5.74, 6) is 0.272. The molecule has 2 aromatic rings. The molecule has 1 amide bonds. The van der Waals surface area contributed by atoms with E-state index in [1.165, 1.54) is 16.5 Å². The highest BCUT2D eigenvalue weighted by atomic mass is 16.6. The van der Waals surface area contributed by atoms with Gasteiger partial charge in [-0.2, -0.15) is 5.10 Å². The van der Waals surface area contributed by atoms with Gasteiger partial charge in [0, 0.05) is 51.2 Å². The van der Waals surface area contributed by atoms with Crippen molar-refractivity contribution >= 4 is 29.0 Å². The number of amides is 1. The number of morpholine rings is 1. The maximum atomic E-state index is 12.5. The van der Waals surface area contributed by atoms with Crippen LogP contribution in [-0.4, -0.2) is 107 Å². The summed E-state index contributed by atoms with van der Waals surface area (Å²) < 4.78 is 18.9. The van der Waals surface area contributed by atoms with E-state index >= 15 is 0 Å². The molecule has 0 unspecified atom stereocenters. The molecule has 1 aromatic carbocycles. The second-order valence-corrected chi connectivity index (χ2v) is 14.8. The molecule has 0 N–H and O–H groups in total. The van der Waals surface area contributed by atoms with Crippen molar-refractivity contribution in [2.45, 2.75) is 91.0 Å². The van der Waals surface area contributed by atoms with Crippen LogP contribution in [0.1, 0.15) is 84.5 Å². The lowest BCUT2D eigenvalue weighted by Crippen LogP contribution is -2.41. The van der Waals surface area contributed by atoms with Crippen molar-refractivity contribution in [3.8, 4) is 0 Å². The fraction of sp³-hybridized carbons (Fsp3) is 0.686. The van der Waals surface area contributed by atoms with Crippen molar-refractivity contribution in [1.29, 1.82) is 0 Å². The van der Waals surface area contributed by atoms with E-state index in [2.05, 4.69) is 44.8 Å². The fourth-order valence-electron chi connectivity index (χ4n) is 6.42. The minimum Gasteiger partial charge on any atom is -0.459 e. The summed E-state index contributed by atoms with van der Waals surface area (Å²) in [5.41, 5.74) is 2.52. The van der Waals surface area contributed by atoms with Gasteiger partial charge in [-0.15, -0.1) is 0 Å². The molecule has 10 heteroatoms. The average Bonchev–Trinajstić information content (AvgIpc) is 3.32. The Hall–Kier alpha value is -2.95. The van der Waals surface area contributed by atoms with Crippen LogP contribution in [0.4, 0.5) is 4.79 Å². The smallest absolute Gasteiger partial charge is 0.410 e. The van der Waals surface area contributed by atoms with Crippen LogP contribution in [0.5, 0.6) is 0 Å². The van der Waals surface area contributed by atoms with Crippen LogP contribution in [0, 0.1) is 5.92 Å². The van der Waals surface area contributed by atoms with Crippen LogP contribution >= 0.6 is 0 Å². The molecule has 3 aliphatic rings. The summed E-state index contributed by atoms with van der Waals surface area (Å²) in [7, 11) is 0. The molecule has 5 rings (SSSR count). The molecule has 3 aliphatic heterocycles. The van der Waals surface area contributed by atoms with Gasteiger partial charge in [0.25, 0.3) is 0 Å². The van der Waals surface area contributed by atoms with Crippen LogP contribution in [0.2, 0.25) is 0 Å². The van der Waals surface area contributed by atoms with Gasteiger partial charge in [0.05, 0.1) is 37.0 Å². The molecule has 1 aromatic heterocycles. The van der Waals surface area contributed by atoms with Crippen molar-refractivity contribution < 1.29 is 23.8 Å². The highest BCUT2D eigenvalue weighted by Crippen LogP contribution is 2.31. The quantitative estimate of drug-likeness (QED) is 0.374. The van der Waals surface area contributed by atoms with E-state index in [9.17, 15) is 9.59 Å². The molecular weight excluding hydrogens is 570 g/mol. The number of benzene rings is 1. The van der Waals surface area contributed by atoms with E-state index in [0.29, 0.717) is 12.5 Å². The number of hydrogen-bond donors (Lipinski definition) is 0. The fourth-order valence-corrected chi connectivity index (χ4v) is 6.42. The summed E-state index contributed by atoms with van der Waals surface area (Å²) in [6.07, 6.45) is 8.09. The third-order valence-corrected chi connectivity index (χ3v) is 8.71. The number of allylic oxidation sites excluding steroid dienone is 1. The van der Waals surface area contributed by atoms with Gasteiger partial charge >= 0.3 is 12.1 Å². The number of fused-ring (bicyclic) bond motifs is 1. The van der Waals surface area contributed by atoms with E-state index in [1.807, 2.05) is 46.4 Å².